The van der Waals surface area contributed by atoms with Gasteiger partial charge in [-0.1, -0.05) is 17.7 Å². The molecule has 0 spiro atoms. The van der Waals surface area contributed by atoms with Gasteiger partial charge in [0.1, 0.15) is 11.6 Å². The Kier molecular flexibility index (Phi) is 6.05. The van der Waals surface area contributed by atoms with Crippen LogP contribution in [0.15, 0.2) is 71.8 Å². The molecule has 0 saturated carbocycles. The van der Waals surface area contributed by atoms with E-state index in [4.69, 9.17) is 16.3 Å². The molecule has 0 aliphatic heterocycles. The fraction of sp³-hybridized carbons (Fsp3) is 0.100. The maximum absolute atomic E-state index is 13.0. The van der Waals surface area contributed by atoms with Crippen molar-refractivity contribution in [3.8, 4) is 5.75 Å². The van der Waals surface area contributed by atoms with Crippen LogP contribution >= 0.6 is 11.6 Å². The number of pyridine rings is 1. The number of amides is 1. The second kappa shape index (κ2) is 8.50. The van der Waals surface area contributed by atoms with Gasteiger partial charge in [-0.05, 0) is 54.6 Å². The molecule has 0 aliphatic carbocycles. The molecule has 0 unspecified atom stereocenters. The minimum atomic E-state index is -3.86. The first kappa shape index (κ1) is 20.6. The van der Waals surface area contributed by atoms with Gasteiger partial charge in [0.2, 0.25) is 0 Å². The summed E-state index contributed by atoms with van der Waals surface area (Å²) in [6.45, 7) is 0. The Bertz CT molecular complexity index is 1120. The summed E-state index contributed by atoms with van der Waals surface area (Å²) in [6.07, 6.45) is 1.47. The van der Waals surface area contributed by atoms with Crippen LogP contribution < -0.4 is 14.4 Å². The van der Waals surface area contributed by atoms with Gasteiger partial charge in [-0.15, -0.1) is 0 Å². The minimum absolute atomic E-state index is 0.00899. The first-order chi connectivity index (χ1) is 13.8. The minimum Gasteiger partial charge on any atom is -0.495 e. The lowest BCUT2D eigenvalue weighted by atomic mass is 10.2. The van der Waals surface area contributed by atoms with E-state index >= 15 is 0 Å². The second-order valence-corrected chi connectivity index (χ2v) is 8.42. The van der Waals surface area contributed by atoms with Gasteiger partial charge < -0.3 is 10.1 Å². The maximum Gasteiger partial charge on any atom is 0.264 e. The van der Waals surface area contributed by atoms with Crippen molar-refractivity contribution in [3.63, 3.8) is 0 Å². The van der Waals surface area contributed by atoms with Gasteiger partial charge >= 0.3 is 0 Å². The third-order valence-electron chi connectivity index (χ3n) is 4.16. The van der Waals surface area contributed by atoms with Crippen LogP contribution in [-0.2, 0) is 10.0 Å². The van der Waals surface area contributed by atoms with Gasteiger partial charge in [-0.25, -0.2) is 13.4 Å². The molecule has 1 amide bonds. The van der Waals surface area contributed by atoms with Crippen LogP contribution in [0, 0.1) is 0 Å². The van der Waals surface area contributed by atoms with Crippen molar-refractivity contribution in [1.29, 1.82) is 0 Å². The lowest BCUT2D eigenvalue weighted by molar-refractivity contribution is 0.102. The summed E-state index contributed by atoms with van der Waals surface area (Å²) in [5.74, 6) is 0.400. The number of halogens is 1. The summed E-state index contributed by atoms with van der Waals surface area (Å²) in [7, 11) is -0.911. The van der Waals surface area contributed by atoms with Crippen molar-refractivity contribution in [2.75, 3.05) is 23.8 Å². The number of carbonyl (C=O) groups excluding carboxylic acids is 1. The molecule has 9 heteroatoms. The zero-order chi connectivity index (χ0) is 21.0. The van der Waals surface area contributed by atoms with Gasteiger partial charge in [0.15, 0.2) is 0 Å². The van der Waals surface area contributed by atoms with Gasteiger partial charge in [-0.2, -0.15) is 0 Å². The van der Waals surface area contributed by atoms with Crippen molar-refractivity contribution in [3.05, 3.63) is 77.4 Å². The fourth-order valence-corrected chi connectivity index (χ4v) is 3.88. The summed E-state index contributed by atoms with van der Waals surface area (Å²) in [4.78, 5) is 16.6. The molecule has 3 rings (SSSR count). The number of sulfonamides is 1. The topological polar surface area (TPSA) is 88.6 Å². The number of nitrogens with one attached hydrogen (secondary N) is 1. The Labute approximate surface area is 174 Å². The Balaban J connectivity index is 1.83. The van der Waals surface area contributed by atoms with Gasteiger partial charge in [0.25, 0.3) is 15.9 Å². The molecule has 3 aromatic rings. The predicted molar refractivity (Wildman–Crippen MR) is 112 cm³/mol. The highest BCUT2D eigenvalue weighted by molar-refractivity contribution is 7.92. The van der Waals surface area contributed by atoms with E-state index in [1.807, 2.05) is 0 Å². The number of benzene rings is 2. The number of rotatable bonds is 6. The van der Waals surface area contributed by atoms with E-state index < -0.39 is 15.9 Å². The summed E-state index contributed by atoms with van der Waals surface area (Å²) >= 11 is 5.86. The number of carbonyl (C=O) groups is 1. The molecule has 1 heterocycles. The second-order valence-electron chi connectivity index (χ2n) is 6.01. The molecule has 2 aromatic carbocycles. The van der Waals surface area contributed by atoms with Crippen LogP contribution in [0.2, 0.25) is 5.02 Å². The highest BCUT2D eigenvalue weighted by Gasteiger charge is 2.22. The van der Waals surface area contributed by atoms with E-state index in [2.05, 4.69) is 10.3 Å². The number of nitrogens with zero attached hydrogens (tertiary/aromatic N) is 2. The lowest BCUT2D eigenvalue weighted by Crippen LogP contribution is -2.26. The zero-order valence-electron chi connectivity index (χ0n) is 15.7. The summed E-state index contributed by atoms with van der Waals surface area (Å²) in [6, 6.07) is 15.5. The molecule has 0 saturated heterocycles. The Morgan fingerprint density at radius 1 is 1.10 bits per heavy atom. The van der Waals surface area contributed by atoms with E-state index in [1.54, 1.807) is 36.4 Å². The highest BCUT2D eigenvalue weighted by Crippen LogP contribution is 2.24. The van der Waals surface area contributed by atoms with Crippen molar-refractivity contribution in [1.82, 2.24) is 4.98 Å². The largest absolute Gasteiger partial charge is 0.495 e. The quantitative estimate of drug-likeness (QED) is 0.640. The summed E-state index contributed by atoms with van der Waals surface area (Å²) in [5, 5.41) is 3.13. The van der Waals surface area contributed by atoms with E-state index in [0.717, 1.165) is 4.31 Å². The Morgan fingerprint density at radius 2 is 1.83 bits per heavy atom. The molecule has 0 aliphatic rings. The molecule has 0 radical (unpaired) electrons. The fourth-order valence-electron chi connectivity index (χ4n) is 2.51. The monoisotopic (exact) mass is 431 g/mol. The normalized spacial score (nSPS) is 11.0. The van der Waals surface area contributed by atoms with E-state index in [9.17, 15) is 13.2 Å². The molecule has 1 N–H and O–H groups in total. The average molecular weight is 432 g/mol. The zero-order valence-corrected chi connectivity index (χ0v) is 17.2. The van der Waals surface area contributed by atoms with Crippen molar-refractivity contribution in [2.45, 2.75) is 4.90 Å². The van der Waals surface area contributed by atoms with Gasteiger partial charge in [0, 0.05) is 17.6 Å². The average Bonchev–Trinajstić information content (AvgIpc) is 2.74. The molecule has 0 bridgehead atoms. The molecule has 1 aromatic heterocycles. The number of hydrogen-bond donors (Lipinski definition) is 1. The maximum atomic E-state index is 13.0. The SMILES string of the molecule is COc1ccc(NC(=O)c2cccc(S(=O)(=O)N(C)c3ccc(Cl)cc3)c2)nc1. The molecular formula is C20H18ClN3O4S. The molecule has 0 fully saturated rings. The summed E-state index contributed by atoms with van der Waals surface area (Å²) in [5.41, 5.74) is 0.639. The third kappa shape index (κ3) is 4.67. The van der Waals surface area contributed by atoms with Crippen molar-refractivity contribution in [2.24, 2.45) is 0 Å². The lowest BCUT2D eigenvalue weighted by Gasteiger charge is -2.20. The van der Waals surface area contributed by atoms with Crippen LogP contribution in [0.25, 0.3) is 0 Å². The molecule has 7 nitrogen and oxygen atoms in total. The van der Waals surface area contributed by atoms with Crippen LogP contribution in [-0.4, -0.2) is 33.5 Å². The Hall–Kier alpha value is -3.10. The molecule has 0 atom stereocenters. The van der Waals surface area contributed by atoms with Crippen LogP contribution in [0.3, 0.4) is 0 Å². The predicted octanol–water partition coefficient (Wildman–Crippen LogP) is 3.82. The van der Waals surface area contributed by atoms with E-state index in [-0.39, 0.29) is 10.5 Å². The Morgan fingerprint density at radius 3 is 2.45 bits per heavy atom. The number of anilines is 2. The van der Waals surface area contributed by atoms with Gasteiger partial charge in [-0.3, -0.25) is 9.10 Å². The van der Waals surface area contributed by atoms with Gasteiger partial charge in [0.05, 0.1) is 23.9 Å². The summed E-state index contributed by atoms with van der Waals surface area (Å²) < 4.78 is 32.1. The standard InChI is InChI=1S/C20H18ClN3O4S/c1-24(16-8-6-15(21)7-9-16)29(26,27)18-5-3-4-14(12-18)20(25)23-19-11-10-17(28-2)13-22-19/h3-13H,1-2H3,(H,22,23,25). The first-order valence-electron chi connectivity index (χ1n) is 8.47. The number of aromatic nitrogens is 1. The molecular weight excluding hydrogens is 414 g/mol. The third-order valence-corrected chi connectivity index (χ3v) is 6.19. The number of hydrogen-bond acceptors (Lipinski definition) is 5. The number of ether oxygens (including phenoxy) is 1. The molecule has 29 heavy (non-hydrogen) atoms. The van der Waals surface area contributed by atoms with Crippen LogP contribution in [0.5, 0.6) is 5.75 Å². The van der Waals surface area contributed by atoms with E-state index in [1.165, 1.54) is 44.6 Å². The smallest absolute Gasteiger partial charge is 0.264 e. The van der Waals surface area contributed by atoms with Crippen LogP contribution in [0.1, 0.15) is 10.4 Å². The van der Waals surface area contributed by atoms with Crippen molar-refractivity contribution >= 4 is 39.0 Å². The number of methoxy groups -OCH3 is 1. The molecule has 150 valence electrons. The first-order valence-corrected chi connectivity index (χ1v) is 10.3. The van der Waals surface area contributed by atoms with Crippen molar-refractivity contribution < 1.29 is 17.9 Å². The van der Waals surface area contributed by atoms with E-state index in [0.29, 0.717) is 22.3 Å². The van der Waals surface area contributed by atoms with Crippen LogP contribution in [0.4, 0.5) is 11.5 Å². The highest BCUT2D eigenvalue weighted by atomic mass is 35.5.